The van der Waals surface area contributed by atoms with Gasteiger partial charge < -0.3 is 29.0 Å². The molecule has 3 aliphatic rings. The number of para-hydroxylation sites is 1. The second-order valence-electron chi connectivity index (χ2n) is 21.0. The number of cyclic esters (lactones) is 1. The SMILES string of the molecule is CCn1c(-c2cccnc2[C@H](C)OC)c2c3cc(ccc31)-c1cccc(c1)C[C@H](NC(=O)[C@H](C(C)C)N(C)C(=O)[C@H]1CC[C@H](N=C=NCc3ccccc3OC)C1)C(=O)N1CCC[C@H](N1)C(=O)OCC(C)(C)C2. The van der Waals surface area contributed by atoms with Crippen molar-refractivity contribution in [2.75, 3.05) is 34.4 Å². The molecule has 15 nitrogen and oxygen atoms in total. The summed E-state index contributed by atoms with van der Waals surface area (Å²) in [7, 11) is 4.99. The predicted molar refractivity (Wildman–Crippen MR) is 283 cm³/mol. The van der Waals surface area contributed by atoms with Crippen LogP contribution in [0.1, 0.15) is 102 Å². The molecule has 8 rings (SSSR count). The van der Waals surface area contributed by atoms with Gasteiger partial charge in [0.25, 0.3) is 5.91 Å². The van der Waals surface area contributed by atoms with Crippen LogP contribution in [-0.2, 0) is 54.6 Å². The number of benzene rings is 3. The Morgan fingerprint density at radius 2 is 1.79 bits per heavy atom. The predicted octanol–water partition coefficient (Wildman–Crippen LogP) is 8.78. The molecule has 3 amide bonds. The van der Waals surface area contributed by atoms with Gasteiger partial charge in [-0.3, -0.25) is 29.2 Å². The molecule has 73 heavy (non-hydrogen) atoms. The number of hydrogen-bond donors (Lipinski definition) is 2. The molecule has 2 aromatic heterocycles. The number of likely N-dealkylation sites (N-methyl/N-ethyl adjacent to an activating group) is 1. The van der Waals surface area contributed by atoms with Crippen LogP contribution < -0.4 is 15.5 Å². The summed E-state index contributed by atoms with van der Waals surface area (Å²) >= 11 is 0. The molecule has 2 fully saturated rings. The van der Waals surface area contributed by atoms with Gasteiger partial charge in [-0.15, -0.1) is 0 Å². The number of nitrogens with zero attached hydrogens (tertiary/aromatic N) is 6. The van der Waals surface area contributed by atoms with E-state index in [1.54, 1.807) is 32.4 Å². The molecule has 6 atom stereocenters. The van der Waals surface area contributed by atoms with E-state index in [9.17, 15) is 19.2 Å². The zero-order valence-corrected chi connectivity index (χ0v) is 43.9. The van der Waals surface area contributed by atoms with Crippen molar-refractivity contribution in [2.24, 2.45) is 27.2 Å². The van der Waals surface area contributed by atoms with Gasteiger partial charge in [-0.05, 0) is 111 Å². The van der Waals surface area contributed by atoms with Gasteiger partial charge in [-0.25, -0.2) is 15.4 Å². The molecule has 0 unspecified atom stereocenters. The number of aromatic nitrogens is 2. The van der Waals surface area contributed by atoms with E-state index < -0.39 is 35.4 Å². The number of aryl methyl sites for hydroxylation is 1. The Bertz CT molecular complexity index is 2890. The first kappa shape index (κ1) is 52.6. The number of pyridine rings is 1. The Morgan fingerprint density at radius 1 is 1.00 bits per heavy atom. The summed E-state index contributed by atoms with van der Waals surface area (Å²) in [5.74, 6) is -1.26. The first-order valence-electron chi connectivity index (χ1n) is 25.9. The monoisotopic (exact) mass is 993 g/mol. The molecule has 1 saturated carbocycles. The number of carbonyl (C=O) groups is 4. The number of ether oxygens (including phenoxy) is 3. The molecule has 5 aromatic rings. The third kappa shape index (κ3) is 11.7. The Hall–Kier alpha value is -6.67. The van der Waals surface area contributed by atoms with Crippen molar-refractivity contribution < 1.29 is 33.4 Å². The van der Waals surface area contributed by atoms with Crippen LogP contribution in [0.15, 0.2) is 95.0 Å². The second-order valence-corrected chi connectivity index (χ2v) is 21.0. The molecule has 0 spiro atoms. The van der Waals surface area contributed by atoms with Crippen LogP contribution in [0.5, 0.6) is 5.75 Å². The summed E-state index contributed by atoms with van der Waals surface area (Å²) in [4.78, 5) is 73.1. The standard InChI is InChI=1S/C58H72N8O7/c1-10-65-49-25-23-40-31-45(49)46(53(65)44-19-14-26-60-51(44)37(4)71-8)32-58(5,6)34-73-57(70)47-20-15-27-66(63-47)56(69)48(29-38-16-13-18-39(40)28-38)62-54(67)52(36(2)3)64(7)55(68)41-22-24-43(30-41)61-35-59-33-42-17-11-12-21-50(42)72-9/h11-14,16-19,21,23,25-26,28,31,36-37,41,43,47-48,52,63H,10,15,20,22,24,27,29-30,32-34H2,1-9H3,(H,62,67)/t37-,41-,43-,47-,48-,52-/m0/s1. The van der Waals surface area contributed by atoms with E-state index in [2.05, 4.69) is 88.5 Å². The normalized spacial score (nSPS) is 20.9. The summed E-state index contributed by atoms with van der Waals surface area (Å²) in [6.45, 7) is 13.7. The minimum absolute atomic E-state index is 0.121. The summed E-state index contributed by atoms with van der Waals surface area (Å²) in [6.07, 6.45) is 5.18. The minimum Gasteiger partial charge on any atom is -0.496 e. The number of hydrogen-bond acceptors (Lipinski definition) is 11. The summed E-state index contributed by atoms with van der Waals surface area (Å²) in [5.41, 5.74) is 11.5. The van der Waals surface area contributed by atoms with Crippen LogP contribution >= 0.6 is 0 Å². The molecule has 386 valence electrons. The Balaban J connectivity index is 1.09. The summed E-state index contributed by atoms with van der Waals surface area (Å²) < 4.78 is 19.8. The van der Waals surface area contributed by atoms with Crippen molar-refractivity contribution in [2.45, 2.75) is 130 Å². The van der Waals surface area contributed by atoms with E-state index in [0.29, 0.717) is 58.2 Å². The smallest absolute Gasteiger partial charge is 0.324 e. The number of carbonyl (C=O) groups excluding carboxylic acids is 4. The number of methoxy groups -OCH3 is 2. The van der Waals surface area contributed by atoms with Crippen molar-refractivity contribution in [1.82, 2.24) is 30.2 Å². The molecule has 4 heterocycles. The molecular weight excluding hydrogens is 921 g/mol. The highest BCUT2D eigenvalue weighted by Crippen LogP contribution is 2.42. The lowest BCUT2D eigenvalue weighted by atomic mass is 9.84. The second kappa shape index (κ2) is 23.0. The number of fused-ring (bicyclic) bond motifs is 6. The lowest BCUT2D eigenvalue weighted by molar-refractivity contribution is -0.155. The molecule has 1 aliphatic carbocycles. The number of nitrogens with one attached hydrogen (secondary N) is 2. The fourth-order valence-corrected chi connectivity index (χ4v) is 11.0. The van der Waals surface area contributed by atoms with Crippen molar-refractivity contribution in [3.05, 3.63) is 107 Å². The topological polar surface area (TPSA) is 169 Å². The van der Waals surface area contributed by atoms with Gasteiger partial charge in [0.05, 0.1) is 49.8 Å². The van der Waals surface area contributed by atoms with Crippen molar-refractivity contribution in [1.29, 1.82) is 0 Å². The van der Waals surface area contributed by atoms with E-state index in [1.807, 2.05) is 63.2 Å². The Morgan fingerprint density at radius 3 is 2.56 bits per heavy atom. The van der Waals surface area contributed by atoms with E-state index in [0.717, 1.165) is 61.4 Å². The fraction of sp³-hybridized carbons (Fsp3) is 0.483. The van der Waals surface area contributed by atoms with Crippen LogP contribution in [-0.4, -0.2) is 108 Å². The first-order chi connectivity index (χ1) is 35.1. The van der Waals surface area contributed by atoms with Gasteiger partial charge in [0.2, 0.25) is 11.8 Å². The number of rotatable bonds is 13. The van der Waals surface area contributed by atoms with Crippen LogP contribution in [0.3, 0.4) is 0 Å². The van der Waals surface area contributed by atoms with Crippen LogP contribution in [0, 0.1) is 17.3 Å². The van der Waals surface area contributed by atoms with E-state index >= 15 is 0 Å². The van der Waals surface area contributed by atoms with Crippen molar-refractivity contribution >= 4 is 40.6 Å². The minimum atomic E-state index is -1.04. The zero-order valence-electron chi connectivity index (χ0n) is 43.9. The molecule has 2 N–H and O–H groups in total. The average molecular weight is 993 g/mol. The lowest BCUT2D eigenvalue weighted by Crippen LogP contribution is -2.62. The maximum Gasteiger partial charge on any atom is 0.324 e. The highest BCUT2D eigenvalue weighted by molar-refractivity contribution is 5.96. The molecule has 2 aliphatic heterocycles. The van der Waals surface area contributed by atoms with Crippen LogP contribution in [0.25, 0.3) is 33.3 Å². The van der Waals surface area contributed by atoms with Crippen LogP contribution in [0.4, 0.5) is 0 Å². The molecule has 1 saturated heterocycles. The third-order valence-electron chi connectivity index (χ3n) is 14.8. The van der Waals surface area contributed by atoms with Crippen molar-refractivity contribution in [3.8, 4) is 28.1 Å². The zero-order chi connectivity index (χ0) is 52.0. The van der Waals surface area contributed by atoms with E-state index in [1.165, 1.54) is 5.01 Å². The molecule has 6 bridgehead atoms. The average Bonchev–Trinajstić information content (AvgIpc) is 3.99. The largest absolute Gasteiger partial charge is 0.496 e. The molecule has 3 aromatic carbocycles. The summed E-state index contributed by atoms with van der Waals surface area (Å²) in [6, 6.07) is 26.4. The number of aliphatic imine (C=N–C) groups is 2. The third-order valence-corrected chi connectivity index (χ3v) is 14.8. The lowest BCUT2D eigenvalue weighted by Gasteiger charge is -2.37. The van der Waals surface area contributed by atoms with Gasteiger partial charge in [0.15, 0.2) is 0 Å². The van der Waals surface area contributed by atoms with Crippen LogP contribution in [0.2, 0.25) is 0 Å². The number of amides is 3. The van der Waals surface area contributed by atoms with Gasteiger partial charge in [-0.1, -0.05) is 76.2 Å². The van der Waals surface area contributed by atoms with Gasteiger partial charge in [0, 0.05) is 73.2 Å². The molecule has 15 heteroatoms. The first-order valence-corrected chi connectivity index (χ1v) is 25.9. The Labute approximate surface area is 429 Å². The van der Waals surface area contributed by atoms with E-state index in [-0.39, 0.29) is 48.8 Å². The number of hydrazine groups is 1. The Kier molecular flexibility index (Phi) is 16.6. The molecular formula is C58H72N8O7. The van der Waals surface area contributed by atoms with Crippen molar-refractivity contribution in [3.63, 3.8) is 0 Å². The molecule has 0 radical (unpaired) electrons. The maximum absolute atomic E-state index is 14.8. The number of esters is 1. The fourth-order valence-electron chi connectivity index (χ4n) is 11.0. The maximum atomic E-state index is 14.8. The summed E-state index contributed by atoms with van der Waals surface area (Å²) in [5, 5.41) is 5.66. The van der Waals surface area contributed by atoms with Gasteiger partial charge in [0.1, 0.15) is 23.9 Å². The van der Waals surface area contributed by atoms with E-state index in [4.69, 9.17) is 19.2 Å². The highest BCUT2D eigenvalue weighted by Gasteiger charge is 2.40. The highest BCUT2D eigenvalue weighted by atomic mass is 16.5. The quantitative estimate of drug-likeness (QED) is 0.0865. The van der Waals surface area contributed by atoms with Gasteiger partial charge in [-0.2, -0.15) is 0 Å². The van der Waals surface area contributed by atoms with Gasteiger partial charge >= 0.3 is 5.97 Å².